The number of carbonyl (C=O) groups excluding carboxylic acids is 1. The predicted octanol–water partition coefficient (Wildman–Crippen LogP) is 6.23. The molecule has 0 aliphatic heterocycles. The third kappa shape index (κ3) is 4.21. The van der Waals surface area contributed by atoms with Crippen molar-refractivity contribution in [3.8, 4) is 11.1 Å². The number of carbonyl (C=O) groups is 2. The molecule has 0 saturated carbocycles. The van der Waals surface area contributed by atoms with Gasteiger partial charge in [0, 0.05) is 5.92 Å². The van der Waals surface area contributed by atoms with Gasteiger partial charge in [-0.3, -0.25) is 5.32 Å². The van der Waals surface area contributed by atoms with Gasteiger partial charge in [-0.1, -0.05) is 61.9 Å². The zero-order chi connectivity index (χ0) is 22.7. The van der Waals surface area contributed by atoms with Gasteiger partial charge in [-0.25, -0.2) is 14.0 Å². The Morgan fingerprint density at radius 1 is 1.03 bits per heavy atom. The highest BCUT2D eigenvalue weighted by atomic mass is 19.1. The maximum absolute atomic E-state index is 14.4. The summed E-state index contributed by atoms with van der Waals surface area (Å²) < 4.78 is 19.9. The van der Waals surface area contributed by atoms with Gasteiger partial charge in [0.05, 0.1) is 5.69 Å². The molecule has 32 heavy (non-hydrogen) atoms. The fourth-order valence-corrected chi connectivity index (χ4v) is 4.25. The number of rotatable bonds is 7. The molecule has 0 spiro atoms. The van der Waals surface area contributed by atoms with Crippen LogP contribution in [0.2, 0.25) is 0 Å². The normalized spacial score (nSPS) is 12.2. The van der Waals surface area contributed by atoms with Crippen molar-refractivity contribution in [2.45, 2.75) is 32.1 Å². The van der Waals surface area contributed by atoms with Gasteiger partial charge in [0.25, 0.3) is 0 Å². The lowest BCUT2D eigenvalue weighted by molar-refractivity contribution is 0.0693. The number of aryl methyl sites for hydroxylation is 1. The average Bonchev–Trinajstić information content (AvgIpc) is 3.09. The summed E-state index contributed by atoms with van der Waals surface area (Å²) in [7, 11) is 0. The largest absolute Gasteiger partial charge is 0.478 e. The lowest BCUT2D eigenvalue weighted by atomic mass is 9.98. The van der Waals surface area contributed by atoms with E-state index in [-0.39, 0.29) is 18.2 Å². The predicted molar refractivity (Wildman–Crippen MR) is 121 cm³/mol. The molecule has 6 heteroatoms. The van der Waals surface area contributed by atoms with Crippen LogP contribution in [-0.4, -0.2) is 23.8 Å². The van der Waals surface area contributed by atoms with Crippen molar-refractivity contribution < 1.29 is 23.8 Å². The first-order chi connectivity index (χ1) is 15.5. The number of aromatic carboxylic acids is 1. The summed E-state index contributed by atoms with van der Waals surface area (Å²) in [6, 6.07) is 18.6. The van der Waals surface area contributed by atoms with Crippen molar-refractivity contribution in [3.63, 3.8) is 0 Å². The first kappa shape index (κ1) is 21.6. The van der Waals surface area contributed by atoms with Crippen LogP contribution in [0.4, 0.5) is 14.9 Å². The third-order valence-electron chi connectivity index (χ3n) is 5.76. The number of anilines is 1. The van der Waals surface area contributed by atoms with Crippen LogP contribution in [-0.2, 0) is 11.2 Å². The maximum Gasteiger partial charge on any atom is 0.411 e. The molecule has 0 aromatic heterocycles. The smallest absolute Gasteiger partial charge is 0.411 e. The van der Waals surface area contributed by atoms with Crippen molar-refractivity contribution >= 4 is 17.7 Å². The van der Waals surface area contributed by atoms with Crippen molar-refractivity contribution in [3.05, 3.63) is 88.7 Å². The van der Waals surface area contributed by atoms with E-state index >= 15 is 0 Å². The second-order valence-electron chi connectivity index (χ2n) is 7.86. The van der Waals surface area contributed by atoms with Crippen LogP contribution in [0.25, 0.3) is 11.1 Å². The molecule has 2 N–H and O–H groups in total. The minimum absolute atomic E-state index is 0.0836. The van der Waals surface area contributed by atoms with Crippen LogP contribution in [0.3, 0.4) is 0 Å². The highest BCUT2D eigenvalue weighted by Gasteiger charge is 2.29. The molecule has 0 fully saturated rings. The number of carboxylic acid groups (broad SMARTS) is 1. The van der Waals surface area contributed by atoms with Crippen molar-refractivity contribution in [1.82, 2.24) is 0 Å². The van der Waals surface area contributed by atoms with Crippen LogP contribution in [0.5, 0.6) is 0 Å². The molecule has 0 saturated heterocycles. The summed E-state index contributed by atoms with van der Waals surface area (Å²) in [5, 5.41) is 11.9. The Kier molecular flexibility index (Phi) is 6.21. The lowest BCUT2D eigenvalue weighted by Gasteiger charge is -2.16. The van der Waals surface area contributed by atoms with E-state index < -0.39 is 23.4 Å². The molecule has 164 valence electrons. The number of hydrogen-bond donors (Lipinski definition) is 2. The summed E-state index contributed by atoms with van der Waals surface area (Å²) in [6.45, 7) is 2.10. The Morgan fingerprint density at radius 2 is 1.66 bits per heavy atom. The van der Waals surface area contributed by atoms with Gasteiger partial charge in [-0.05, 0) is 52.8 Å². The van der Waals surface area contributed by atoms with Crippen LogP contribution >= 0.6 is 0 Å². The van der Waals surface area contributed by atoms with E-state index in [0.717, 1.165) is 35.1 Å². The Labute approximate surface area is 185 Å². The molecule has 1 aliphatic rings. The molecular weight excluding hydrogens is 409 g/mol. The highest BCUT2D eigenvalue weighted by Crippen LogP contribution is 2.44. The van der Waals surface area contributed by atoms with Crippen molar-refractivity contribution in [2.75, 3.05) is 11.9 Å². The molecule has 0 unspecified atom stereocenters. The van der Waals surface area contributed by atoms with E-state index in [2.05, 4.69) is 5.32 Å². The van der Waals surface area contributed by atoms with E-state index in [1.165, 1.54) is 12.1 Å². The van der Waals surface area contributed by atoms with Gasteiger partial charge in [-0.2, -0.15) is 0 Å². The molecule has 1 amide bonds. The van der Waals surface area contributed by atoms with Gasteiger partial charge in [0.1, 0.15) is 18.0 Å². The van der Waals surface area contributed by atoms with Gasteiger partial charge < -0.3 is 9.84 Å². The van der Waals surface area contributed by atoms with Gasteiger partial charge in [0.2, 0.25) is 0 Å². The van der Waals surface area contributed by atoms with E-state index in [1.807, 2.05) is 55.5 Å². The molecule has 4 rings (SSSR count). The van der Waals surface area contributed by atoms with Crippen LogP contribution in [0, 0.1) is 5.82 Å². The summed E-state index contributed by atoms with van der Waals surface area (Å²) in [5.74, 6) is -2.45. The molecule has 0 radical (unpaired) electrons. The van der Waals surface area contributed by atoms with Gasteiger partial charge in [-0.15, -0.1) is 0 Å². The Hall–Kier alpha value is -3.67. The quantitative estimate of drug-likeness (QED) is 0.463. The highest BCUT2D eigenvalue weighted by molar-refractivity contribution is 5.99. The fraction of sp³-hybridized carbons (Fsp3) is 0.231. The number of hydrogen-bond acceptors (Lipinski definition) is 3. The second kappa shape index (κ2) is 9.22. The molecule has 3 aromatic carbocycles. The van der Waals surface area contributed by atoms with E-state index in [4.69, 9.17) is 4.74 Å². The molecule has 0 bridgehead atoms. The van der Waals surface area contributed by atoms with Crippen LogP contribution in [0.1, 0.15) is 52.7 Å². The summed E-state index contributed by atoms with van der Waals surface area (Å²) in [5.41, 5.74) is 4.32. The fourth-order valence-electron chi connectivity index (χ4n) is 4.25. The zero-order valence-electron chi connectivity index (χ0n) is 17.7. The third-order valence-corrected chi connectivity index (χ3v) is 5.76. The van der Waals surface area contributed by atoms with Crippen molar-refractivity contribution in [2.24, 2.45) is 0 Å². The molecule has 3 aromatic rings. The lowest BCUT2D eigenvalue weighted by Crippen LogP contribution is -2.20. The minimum Gasteiger partial charge on any atom is -0.478 e. The Bertz CT molecular complexity index is 1130. The number of carboxylic acids is 1. The van der Waals surface area contributed by atoms with Crippen LogP contribution in [0.15, 0.2) is 60.7 Å². The molecule has 0 atom stereocenters. The monoisotopic (exact) mass is 433 g/mol. The van der Waals surface area contributed by atoms with Gasteiger partial charge >= 0.3 is 12.1 Å². The SMILES string of the molecule is CCCCc1cc(F)c(C(=O)O)c(NC(=O)OCC2c3ccccc3-c3ccccc32)c1. The number of amides is 1. The van der Waals surface area contributed by atoms with Crippen molar-refractivity contribution in [1.29, 1.82) is 0 Å². The minimum atomic E-state index is -1.45. The maximum atomic E-state index is 14.4. The van der Waals surface area contributed by atoms with Gasteiger partial charge in [0.15, 0.2) is 0 Å². The zero-order valence-corrected chi connectivity index (χ0v) is 17.7. The summed E-state index contributed by atoms with van der Waals surface area (Å²) >= 11 is 0. The summed E-state index contributed by atoms with van der Waals surface area (Å²) in [6.07, 6.45) is 1.52. The molecular formula is C26H24FNO4. The Morgan fingerprint density at radius 3 is 2.25 bits per heavy atom. The molecule has 1 aliphatic carbocycles. The van der Waals surface area contributed by atoms with E-state index in [1.54, 1.807) is 0 Å². The number of halogens is 1. The van der Waals surface area contributed by atoms with Crippen LogP contribution < -0.4 is 5.32 Å². The Balaban J connectivity index is 1.53. The number of nitrogens with one attached hydrogen (secondary N) is 1. The first-order valence-corrected chi connectivity index (χ1v) is 10.7. The number of unbranched alkanes of at least 4 members (excludes halogenated alkanes) is 1. The summed E-state index contributed by atoms with van der Waals surface area (Å²) in [4.78, 5) is 24.1. The molecule has 5 nitrogen and oxygen atoms in total. The number of ether oxygens (including phenoxy) is 1. The van der Waals surface area contributed by atoms with E-state index in [0.29, 0.717) is 12.0 Å². The standard InChI is InChI=1S/C26H24FNO4/c1-2-3-8-16-13-22(27)24(25(29)30)23(14-16)28-26(31)32-15-21-19-11-6-4-9-17(19)18-10-5-7-12-20(18)21/h4-7,9-14,21H,2-3,8,15H2,1H3,(H,28,31)(H,29,30). The molecule has 0 heterocycles. The first-order valence-electron chi connectivity index (χ1n) is 10.7. The number of benzene rings is 3. The van der Waals surface area contributed by atoms with E-state index in [9.17, 15) is 19.1 Å². The second-order valence-corrected chi connectivity index (χ2v) is 7.86. The topological polar surface area (TPSA) is 75.6 Å². The number of fused-ring (bicyclic) bond motifs is 3. The average molecular weight is 433 g/mol.